The molecule has 4 rings (SSSR count). The van der Waals surface area contributed by atoms with Crippen molar-refractivity contribution in [3.8, 4) is 11.1 Å². The van der Waals surface area contributed by atoms with E-state index in [0.717, 1.165) is 22.4 Å². The smallest absolute Gasteiger partial charge is 0.256 e. The molecule has 0 aromatic heterocycles. The van der Waals surface area contributed by atoms with Gasteiger partial charge in [-0.3, -0.25) is 14.6 Å². The van der Waals surface area contributed by atoms with Gasteiger partial charge in [-0.05, 0) is 52.9 Å². The maximum absolute atomic E-state index is 13.4. The second-order valence-electron chi connectivity index (χ2n) is 10.3. The molecule has 7 nitrogen and oxygen atoms in total. The summed E-state index contributed by atoms with van der Waals surface area (Å²) in [6.07, 6.45) is 0. The largest absolute Gasteiger partial charge is 0.376 e. The van der Waals surface area contributed by atoms with Crippen molar-refractivity contribution in [2.24, 2.45) is 0 Å². The highest BCUT2D eigenvalue weighted by atomic mass is 35.5. The van der Waals surface area contributed by atoms with Gasteiger partial charge in [0.05, 0.1) is 6.54 Å². The van der Waals surface area contributed by atoms with Crippen molar-refractivity contribution in [1.29, 1.82) is 0 Å². The summed E-state index contributed by atoms with van der Waals surface area (Å²) in [4.78, 5) is 28.2. The van der Waals surface area contributed by atoms with Gasteiger partial charge in [0, 0.05) is 45.0 Å². The minimum atomic E-state index is -0.281. The quantitative estimate of drug-likeness (QED) is 0.312. The van der Waals surface area contributed by atoms with E-state index in [1.165, 1.54) is 23.3 Å². The molecule has 0 bridgehead atoms. The number of nitrogens with zero attached hydrogens (tertiary/aromatic N) is 3. The zero-order chi connectivity index (χ0) is 27.9. The summed E-state index contributed by atoms with van der Waals surface area (Å²) < 4.78 is 13.4. The predicted octanol–water partition coefficient (Wildman–Crippen LogP) is 5.27. The highest BCUT2D eigenvalue weighted by Crippen LogP contribution is 2.26. The number of rotatable bonds is 11. The number of halogens is 3. The maximum atomic E-state index is 13.4. The van der Waals surface area contributed by atoms with Crippen LogP contribution in [0.4, 0.5) is 10.1 Å². The molecule has 1 aliphatic rings. The Kier molecular flexibility index (Phi) is 13.1. The number of fused-ring (bicyclic) bond motifs is 1. The third-order valence-electron chi connectivity index (χ3n) is 7.07. The summed E-state index contributed by atoms with van der Waals surface area (Å²) >= 11 is 0. The number of amides is 2. The highest BCUT2D eigenvalue weighted by Gasteiger charge is 2.27. The summed E-state index contributed by atoms with van der Waals surface area (Å²) in [5.41, 5.74) is 6.07. The molecule has 0 unspecified atom stereocenters. The number of anilines is 1. The molecule has 2 amide bonds. The monoisotopic (exact) mass is 603 g/mol. The minimum Gasteiger partial charge on any atom is -0.376 e. The molecule has 0 atom stereocenters. The van der Waals surface area contributed by atoms with E-state index in [4.69, 9.17) is 0 Å². The Bertz CT molecular complexity index is 1280. The van der Waals surface area contributed by atoms with E-state index in [-0.39, 0.29) is 61.6 Å². The van der Waals surface area contributed by atoms with Crippen molar-refractivity contribution in [3.63, 3.8) is 0 Å². The number of hydrogen-bond donors (Lipinski definition) is 2. The van der Waals surface area contributed by atoms with Crippen LogP contribution in [0.3, 0.4) is 0 Å². The van der Waals surface area contributed by atoms with Crippen LogP contribution in [0.15, 0.2) is 66.7 Å². The van der Waals surface area contributed by atoms with Gasteiger partial charge in [-0.2, -0.15) is 0 Å². The van der Waals surface area contributed by atoms with E-state index < -0.39 is 0 Å². The first-order valence-corrected chi connectivity index (χ1v) is 13.4. The number of hydrogen-bond acceptors (Lipinski definition) is 5. The van der Waals surface area contributed by atoms with Crippen LogP contribution < -0.4 is 10.6 Å². The van der Waals surface area contributed by atoms with Crippen molar-refractivity contribution in [3.05, 3.63) is 89.2 Å². The highest BCUT2D eigenvalue weighted by molar-refractivity contribution is 5.87. The van der Waals surface area contributed by atoms with Crippen LogP contribution >= 0.6 is 24.8 Å². The number of benzene rings is 3. The summed E-state index contributed by atoms with van der Waals surface area (Å²) in [6, 6.07) is 20.7. The molecule has 2 N–H and O–H groups in total. The van der Waals surface area contributed by atoms with E-state index in [1.807, 2.05) is 42.3 Å². The average molecular weight is 605 g/mol. The van der Waals surface area contributed by atoms with Crippen LogP contribution in [0.5, 0.6) is 0 Å². The van der Waals surface area contributed by atoms with E-state index >= 15 is 0 Å². The first-order chi connectivity index (χ1) is 18.7. The molecule has 0 saturated heterocycles. The van der Waals surface area contributed by atoms with Gasteiger partial charge < -0.3 is 15.5 Å². The molecule has 0 radical (unpaired) electrons. The van der Waals surface area contributed by atoms with Gasteiger partial charge in [-0.1, -0.05) is 62.4 Å². The third-order valence-corrected chi connectivity index (χ3v) is 7.07. The Morgan fingerprint density at radius 3 is 2.15 bits per heavy atom. The molecule has 41 heavy (non-hydrogen) atoms. The second-order valence-corrected chi connectivity index (χ2v) is 10.3. The molecule has 3 aromatic rings. The van der Waals surface area contributed by atoms with Gasteiger partial charge >= 0.3 is 0 Å². The van der Waals surface area contributed by atoms with Crippen molar-refractivity contribution in [2.45, 2.75) is 39.9 Å². The molecule has 0 saturated carbocycles. The summed E-state index contributed by atoms with van der Waals surface area (Å²) in [5.74, 6) is -0.565. The van der Waals surface area contributed by atoms with Gasteiger partial charge in [0.2, 0.25) is 5.91 Å². The molecular weight excluding hydrogens is 564 g/mol. The summed E-state index contributed by atoms with van der Waals surface area (Å²) in [7, 11) is 1.77. The fourth-order valence-electron chi connectivity index (χ4n) is 4.65. The van der Waals surface area contributed by atoms with Gasteiger partial charge in [0.25, 0.3) is 5.91 Å². The lowest BCUT2D eigenvalue weighted by molar-refractivity contribution is -0.151. The van der Waals surface area contributed by atoms with Crippen molar-refractivity contribution >= 4 is 42.3 Å². The minimum absolute atomic E-state index is 0. The second kappa shape index (κ2) is 15.7. The molecular formula is C31H40Cl2FN5O2. The zero-order valence-corrected chi connectivity index (χ0v) is 25.7. The Morgan fingerprint density at radius 2 is 1.54 bits per heavy atom. The lowest BCUT2D eigenvalue weighted by Crippen LogP contribution is -2.49. The summed E-state index contributed by atoms with van der Waals surface area (Å²) in [5, 5.41) is 10.2. The van der Waals surface area contributed by atoms with Gasteiger partial charge in [-0.15, -0.1) is 24.8 Å². The first kappa shape index (κ1) is 34.0. The number of hydrazine groups is 1. The topological polar surface area (TPSA) is 67.9 Å². The Morgan fingerprint density at radius 1 is 0.927 bits per heavy atom. The normalized spacial score (nSPS) is 12.2. The van der Waals surface area contributed by atoms with Crippen LogP contribution in [0.2, 0.25) is 0 Å². The molecule has 1 heterocycles. The summed E-state index contributed by atoms with van der Waals surface area (Å²) in [6.45, 7) is 8.49. The Labute approximate surface area is 254 Å². The third kappa shape index (κ3) is 9.16. The fourth-order valence-corrected chi connectivity index (χ4v) is 4.65. The molecule has 3 aromatic carbocycles. The molecule has 0 spiro atoms. The fraction of sp³-hybridized carbons (Fsp3) is 0.355. The molecule has 0 aliphatic carbocycles. The maximum Gasteiger partial charge on any atom is 0.256 e. The Hall–Kier alpha value is -3.17. The average Bonchev–Trinajstić information content (AvgIpc) is 3.36. The van der Waals surface area contributed by atoms with Crippen LogP contribution in [-0.2, 0) is 22.7 Å². The lowest BCUT2D eigenvalue weighted by atomic mass is 10.0. The van der Waals surface area contributed by atoms with Crippen molar-refractivity contribution in [1.82, 2.24) is 20.2 Å². The van der Waals surface area contributed by atoms with E-state index in [1.54, 1.807) is 29.1 Å². The first-order valence-electron chi connectivity index (χ1n) is 13.4. The Balaban J connectivity index is 0.00000294. The van der Waals surface area contributed by atoms with Gasteiger partial charge in [-0.25, -0.2) is 9.40 Å². The van der Waals surface area contributed by atoms with E-state index in [0.29, 0.717) is 26.2 Å². The number of aryl methyl sites for hydroxylation is 1. The van der Waals surface area contributed by atoms with Gasteiger partial charge in [0.15, 0.2) is 0 Å². The standard InChI is InChI=1S/C31H38FN5O2.2ClH/c1-22(2)33-15-16-36(21-31(39)35(4)37-19-26-7-5-6-8-27(26)20-37)30(38)18-34-29-17-25(10-9-23(29)3)24-11-13-28(32)14-12-24;;/h5-14,17,22,33-34H,15-16,18-21H2,1-4H3;2*1H. The molecule has 222 valence electrons. The van der Waals surface area contributed by atoms with Crippen molar-refractivity contribution < 1.29 is 14.0 Å². The van der Waals surface area contributed by atoms with E-state index in [2.05, 4.69) is 36.6 Å². The SMILES string of the molecule is Cc1ccc(-c2ccc(F)cc2)cc1NCC(=O)N(CCNC(C)C)CC(=O)N(C)N1Cc2ccccc2C1.Cl.Cl. The lowest BCUT2D eigenvalue weighted by Gasteiger charge is -2.31. The molecule has 1 aliphatic heterocycles. The van der Waals surface area contributed by atoms with Crippen LogP contribution in [0.1, 0.15) is 30.5 Å². The number of nitrogens with one attached hydrogen (secondary N) is 2. The molecule has 0 fully saturated rings. The number of likely N-dealkylation sites (N-methyl/N-ethyl adjacent to an activating group) is 1. The van der Waals surface area contributed by atoms with Crippen LogP contribution in [0.25, 0.3) is 11.1 Å². The predicted molar refractivity (Wildman–Crippen MR) is 168 cm³/mol. The number of carbonyl (C=O) groups excluding carboxylic acids is 2. The van der Waals surface area contributed by atoms with Crippen LogP contribution in [0, 0.1) is 12.7 Å². The van der Waals surface area contributed by atoms with E-state index in [9.17, 15) is 14.0 Å². The van der Waals surface area contributed by atoms with Crippen LogP contribution in [-0.4, -0.2) is 66.0 Å². The van der Waals surface area contributed by atoms with Crippen molar-refractivity contribution in [2.75, 3.05) is 38.5 Å². The van der Waals surface area contributed by atoms with Gasteiger partial charge in [0.1, 0.15) is 12.4 Å². The molecule has 10 heteroatoms. The zero-order valence-electron chi connectivity index (χ0n) is 24.0. The number of carbonyl (C=O) groups is 2.